The Morgan fingerprint density at radius 3 is 2.43 bits per heavy atom. The molecule has 0 bridgehead atoms. The van der Waals surface area contributed by atoms with Gasteiger partial charge in [0, 0.05) is 42.9 Å². The number of benzene rings is 2. The SMILES string of the molecule is FC(F)(F)c1ccc(-c2cc3c(c(NCc4cncnc4)c2)CCN=C3)cc1. The van der Waals surface area contributed by atoms with Crippen LogP contribution in [0.15, 0.2) is 60.1 Å². The van der Waals surface area contributed by atoms with Crippen LogP contribution < -0.4 is 5.32 Å². The van der Waals surface area contributed by atoms with Crippen LogP contribution >= 0.6 is 0 Å². The molecule has 1 aliphatic heterocycles. The summed E-state index contributed by atoms with van der Waals surface area (Å²) in [5, 5.41) is 3.41. The second kappa shape index (κ2) is 7.42. The first-order valence-electron chi connectivity index (χ1n) is 8.83. The number of alkyl halides is 3. The van der Waals surface area contributed by atoms with E-state index < -0.39 is 11.7 Å². The first-order valence-corrected chi connectivity index (χ1v) is 8.83. The highest BCUT2D eigenvalue weighted by atomic mass is 19.4. The summed E-state index contributed by atoms with van der Waals surface area (Å²) < 4.78 is 38.5. The van der Waals surface area contributed by atoms with Crippen LogP contribution in [-0.4, -0.2) is 22.7 Å². The molecule has 3 aromatic rings. The molecule has 0 aliphatic carbocycles. The number of nitrogens with zero attached hydrogens (tertiary/aromatic N) is 3. The Kier molecular flexibility index (Phi) is 4.81. The lowest BCUT2D eigenvalue weighted by Gasteiger charge is -2.19. The maximum atomic E-state index is 12.8. The maximum absolute atomic E-state index is 12.8. The highest BCUT2D eigenvalue weighted by Gasteiger charge is 2.30. The molecule has 1 N–H and O–H groups in total. The van der Waals surface area contributed by atoms with Crippen LogP contribution in [0.25, 0.3) is 11.1 Å². The first kappa shape index (κ1) is 18.2. The van der Waals surface area contributed by atoms with Crippen LogP contribution in [0.2, 0.25) is 0 Å². The minimum Gasteiger partial charge on any atom is -0.381 e. The summed E-state index contributed by atoms with van der Waals surface area (Å²) in [5.74, 6) is 0. The molecule has 7 heteroatoms. The zero-order valence-corrected chi connectivity index (χ0v) is 14.9. The van der Waals surface area contributed by atoms with Crippen LogP contribution in [0, 0.1) is 0 Å². The Hall–Kier alpha value is -3.22. The number of fused-ring (bicyclic) bond motifs is 1. The van der Waals surface area contributed by atoms with Gasteiger partial charge in [-0.25, -0.2) is 9.97 Å². The molecule has 0 atom stereocenters. The van der Waals surface area contributed by atoms with E-state index in [0.717, 1.165) is 58.6 Å². The fraction of sp³-hybridized carbons (Fsp3) is 0.190. The number of anilines is 1. The highest BCUT2D eigenvalue weighted by molar-refractivity contribution is 5.89. The van der Waals surface area contributed by atoms with Crippen LogP contribution in [0.1, 0.15) is 22.3 Å². The van der Waals surface area contributed by atoms with Gasteiger partial charge in [-0.05, 0) is 52.9 Å². The molecule has 142 valence electrons. The van der Waals surface area contributed by atoms with Gasteiger partial charge in [0.2, 0.25) is 0 Å². The standard InChI is InChI=1S/C21H17F3N4/c22-21(23,24)18-3-1-15(2-4-18)16-7-17-12-25-6-5-19(17)20(8-16)28-11-14-9-26-13-27-10-14/h1-4,7-10,12-13,28H,5-6,11H2. The fourth-order valence-electron chi connectivity index (χ4n) is 3.22. The van der Waals surface area contributed by atoms with Gasteiger partial charge in [0.25, 0.3) is 0 Å². The smallest absolute Gasteiger partial charge is 0.381 e. The third kappa shape index (κ3) is 3.88. The number of aliphatic imine (C=N–C) groups is 1. The minimum absolute atomic E-state index is 0.556. The van der Waals surface area contributed by atoms with Gasteiger partial charge in [-0.1, -0.05) is 12.1 Å². The molecule has 0 amide bonds. The summed E-state index contributed by atoms with van der Waals surface area (Å²) in [6.07, 6.45) is 3.26. The Morgan fingerprint density at radius 2 is 1.71 bits per heavy atom. The van der Waals surface area contributed by atoms with Gasteiger partial charge in [-0.15, -0.1) is 0 Å². The predicted octanol–water partition coefficient (Wildman–Crippen LogP) is 4.75. The van der Waals surface area contributed by atoms with E-state index in [1.807, 2.05) is 18.3 Å². The number of halogens is 3. The zero-order chi connectivity index (χ0) is 19.6. The van der Waals surface area contributed by atoms with E-state index in [-0.39, 0.29) is 0 Å². The van der Waals surface area contributed by atoms with Crippen molar-refractivity contribution in [2.45, 2.75) is 19.1 Å². The molecule has 28 heavy (non-hydrogen) atoms. The van der Waals surface area contributed by atoms with Gasteiger partial charge >= 0.3 is 6.18 Å². The molecule has 0 saturated heterocycles. The van der Waals surface area contributed by atoms with Crippen LogP contribution in [0.5, 0.6) is 0 Å². The molecule has 4 nitrogen and oxygen atoms in total. The fourth-order valence-corrected chi connectivity index (χ4v) is 3.22. The number of nitrogens with one attached hydrogen (secondary N) is 1. The third-order valence-corrected chi connectivity index (χ3v) is 4.65. The number of hydrogen-bond acceptors (Lipinski definition) is 4. The quantitative estimate of drug-likeness (QED) is 0.709. The van der Waals surface area contributed by atoms with Gasteiger partial charge in [0.05, 0.1) is 5.56 Å². The predicted molar refractivity (Wildman–Crippen MR) is 102 cm³/mol. The van der Waals surface area contributed by atoms with Crippen molar-refractivity contribution >= 4 is 11.9 Å². The molecular formula is C21H17F3N4. The Morgan fingerprint density at radius 1 is 0.964 bits per heavy atom. The van der Waals surface area contributed by atoms with Crippen LogP contribution in [-0.2, 0) is 19.1 Å². The van der Waals surface area contributed by atoms with E-state index in [1.165, 1.54) is 18.5 Å². The van der Waals surface area contributed by atoms with Gasteiger partial charge in [0.1, 0.15) is 6.33 Å². The second-order valence-electron chi connectivity index (χ2n) is 6.55. The summed E-state index contributed by atoms with van der Waals surface area (Å²) >= 11 is 0. The number of aromatic nitrogens is 2. The number of rotatable bonds is 4. The molecule has 1 aromatic heterocycles. The van der Waals surface area contributed by atoms with Gasteiger partial charge in [-0.2, -0.15) is 13.2 Å². The van der Waals surface area contributed by atoms with Crippen molar-refractivity contribution in [2.75, 3.05) is 11.9 Å². The average Bonchev–Trinajstić information content (AvgIpc) is 2.72. The molecule has 2 heterocycles. The van der Waals surface area contributed by atoms with E-state index in [1.54, 1.807) is 12.4 Å². The number of hydrogen-bond donors (Lipinski definition) is 1. The van der Waals surface area contributed by atoms with E-state index in [4.69, 9.17) is 0 Å². The lowest BCUT2D eigenvalue weighted by Crippen LogP contribution is -2.10. The van der Waals surface area contributed by atoms with E-state index in [0.29, 0.717) is 6.54 Å². The Labute approximate surface area is 160 Å². The minimum atomic E-state index is -4.34. The molecular weight excluding hydrogens is 365 g/mol. The highest BCUT2D eigenvalue weighted by Crippen LogP contribution is 2.33. The Balaban J connectivity index is 1.68. The third-order valence-electron chi connectivity index (χ3n) is 4.65. The molecule has 0 fully saturated rings. The lowest BCUT2D eigenvalue weighted by molar-refractivity contribution is -0.137. The lowest BCUT2D eigenvalue weighted by atomic mass is 9.94. The van der Waals surface area contributed by atoms with Crippen molar-refractivity contribution in [3.8, 4) is 11.1 Å². The molecule has 0 radical (unpaired) electrons. The van der Waals surface area contributed by atoms with Crippen molar-refractivity contribution in [3.63, 3.8) is 0 Å². The molecule has 0 saturated carbocycles. The van der Waals surface area contributed by atoms with Crippen molar-refractivity contribution in [1.82, 2.24) is 9.97 Å². The summed E-state index contributed by atoms with van der Waals surface area (Å²) in [6, 6.07) is 9.16. The zero-order valence-electron chi connectivity index (χ0n) is 14.9. The summed E-state index contributed by atoms with van der Waals surface area (Å²) in [4.78, 5) is 12.4. The van der Waals surface area contributed by atoms with Crippen molar-refractivity contribution < 1.29 is 13.2 Å². The molecule has 0 spiro atoms. The van der Waals surface area contributed by atoms with Crippen molar-refractivity contribution in [2.24, 2.45) is 4.99 Å². The van der Waals surface area contributed by atoms with Gasteiger partial charge in [0.15, 0.2) is 0 Å². The van der Waals surface area contributed by atoms with Gasteiger partial charge < -0.3 is 5.32 Å². The van der Waals surface area contributed by atoms with Gasteiger partial charge in [-0.3, -0.25) is 4.99 Å². The second-order valence-corrected chi connectivity index (χ2v) is 6.55. The normalized spacial score (nSPS) is 13.2. The van der Waals surface area contributed by atoms with Crippen LogP contribution in [0.4, 0.5) is 18.9 Å². The van der Waals surface area contributed by atoms with E-state index >= 15 is 0 Å². The average molecular weight is 382 g/mol. The molecule has 0 unspecified atom stereocenters. The van der Waals surface area contributed by atoms with E-state index in [2.05, 4.69) is 20.3 Å². The van der Waals surface area contributed by atoms with Crippen molar-refractivity contribution in [1.29, 1.82) is 0 Å². The van der Waals surface area contributed by atoms with E-state index in [9.17, 15) is 13.2 Å². The summed E-state index contributed by atoms with van der Waals surface area (Å²) in [5.41, 5.74) is 4.94. The van der Waals surface area contributed by atoms with Crippen molar-refractivity contribution in [3.05, 3.63) is 77.4 Å². The monoisotopic (exact) mass is 382 g/mol. The largest absolute Gasteiger partial charge is 0.416 e. The molecule has 2 aromatic carbocycles. The summed E-state index contributed by atoms with van der Waals surface area (Å²) in [6.45, 7) is 1.27. The summed E-state index contributed by atoms with van der Waals surface area (Å²) in [7, 11) is 0. The first-order chi connectivity index (χ1) is 13.5. The maximum Gasteiger partial charge on any atom is 0.416 e. The Bertz CT molecular complexity index is 997. The topological polar surface area (TPSA) is 50.2 Å². The van der Waals surface area contributed by atoms with Crippen LogP contribution in [0.3, 0.4) is 0 Å². The molecule has 1 aliphatic rings. The molecule has 4 rings (SSSR count).